The largest absolute Gasteiger partial charge is 0.392 e. The Bertz CT molecular complexity index is 264. The highest BCUT2D eigenvalue weighted by Gasteiger charge is 2.04. The third-order valence-electron chi connectivity index (χ3n) is 2.09. The topological polar surface area (TPSA) is 20.2 Å². The first kappa shape index (κ1) is 9.27. The van der Waals surface area contributed by atoms with Gasteiger partial charge in [0, 0.05) is 0 Å². The molecule has 0 unspecified atom stereocenters. The molecule has 0 aliphatic heterocycles. The molecule has 66 valence electrons. The molecule has 1 rings (SSSR count). The van der Waals surface area contributed by atoms with Gasteiger partial charge in [0.2, 0.25) is 0 Å². The Kier molecular flexibility index (Phi) is 2.88. The molecule has 1 N–H and O–H groups in total. The molecule has 0 bridgehead atoms. The van der Waals surface area contributed by atoms with Gasteiger partial charge < -0.3 is 5.11 Å². The summed E-state index contributed by atoms with van der Waals surface area (Å²) in [7, 11) is 0. The molecule has 0 heterocycles. The highest BCUT2D eigenvalue weighted by Crippen LogP contribution is 2.20. The van der Waals surface area contributed by atoms with Crippen molar-refractivity contribution in [2.24, 2.45) is 0 Å². The van der Waals surface area contributed by atoms with Crippen LogP contribution in [0.1, 0.15) is 36.5 Å². The summed E-state index contributed by atoms with van der Waals surface area (Å²) >= 11 is 0. The van der Waals surface area contributed by atoms with Crippen LogP contribution in [0.4, 0.5) is 0 Å². The molecule has 1 heteroatoms. The van der Waals surface area contributed by atoms with E-state index in [9.17, 15) is 0 Å². The normalized spacial score (nSPS) is 10.8. The lowest BCUT2D eigenvalue weighted by atomic mass is 9.96. The maximum Gasteiger partial charge on any atom is 0.0684 e. The van der Waals surface area contributed by atoms with E-state index in [4.69, 9.17) is 5.11 Å². The van der Waals surface area contributed by atoms with Crippen molar-refractivity contribution in [2.45, 2.75) is 33.3 Å². The first-order valence-electron chi connectivity index (χ1n) is 4.35. The molecule has 12 heavy (non-hydrogen) atoms. The average Bonchev–Trinajstić information content (AvgIpc) is 2.04. The van der Waals surface area contributed by atoms with Crippen LogP contribution in [0.5, 0.6) is 0 Å². The van der Waals surface area contributed by atoms with Crippen molar-refractivity contribution in [2.75, 3.05) is 0 Å². The predicted octanol–water partition coefficient (Wildman–Crippen LogP) is 2.61. The fourth-order valence-electron chi connectivity index (χ4n) is 1.40. The molecule has 1 nitrogen and oxygen atoms in total. The standard InChI is InChI=1S/C11H16O/c1-8(2)11-6-9(3)4-5-10(11)7-12/h4-6,8,12H,7H2,1-3H3. The Balaban J connectivity index is 3.12. The van der Waals surface area contributed by atoms with Crippen LogP contribution < -0.4 is 0 Å². The summed E-state index contributed by atoms with van der Waals surface area (Å²) < 4.78 is 0. The van der Waals surface area contributed by atoms with Gasteiger partial charge in [0.1, 0.15) is 0 Å². The Morgan fingerprint density at radius 2 is 2.00 bits per heavy atom. The highest BCUT2D eigenvalue weighted by molar-refractivity contribution is 5.33. The van der Waals surface area contributed by atoms with Crippen LogP contribution in [0.3, 0.4) is 0 Å². The molecule has 0 fully saturated rings. The van der Waals surface area contributed by atoms with Crippen LogP contribution in [0.25, 0.3) is 0 Å². The average molecular weight is 164 g/mol. The number of benzene rings is 1. The molecule has 0 amide bonds. The molecule has 0 spiro atoms. The Hall–Kier alpha value is -0.820. The monoisotopic (exact) mass is 164 g/mol. The van der Waals surface area contributed by atoms with Crippen molar-refractivity contribution in [3.05, 3.63) is 34.9 Å². The van der Waals surface area contributed by atoms with Crippen LogP contribution in [-0.4, -0.2) is 5.11 Å². The highest BCUT2D eigenvalue weighted by atomic mass is 16.3. The van der Waals surface area contributed by atoms with Crippen LogP contribution in [0, 0.1) is 6.92 Å². The van der Waals surface area contributed by atoms with Crippen molar-refractivity contribution < 1.29 is 5.11 Å². The number of hydrogen-bond donors (Lipinski definition) is 1. The summed E-state index contributed by atoms with van der Waals surface area (Å²) in [6.07, 6.45) is 0. The second-order valence-electron chi connectivity index (χ2n) is 3.52. The van der Waals surface area contributed by atoms with Crippen LogP contribution in [-0.2, 0) is 6.61 Å². The van der Waals surface area contributed by atoms with Crippen LogP contribution in [0.2, 0.25) is 0 Å². The minimum Gasteiger partial charge on any atom is -0.392 e. The van der Waals surface area contributed by atoms with E-state index in [1.54, 1.807) is 0 Å². The van der Waals surface area contributed by atoms with Gasteiger partial charge in [-0.25, -0.2) is 0 Å². The van der Waals surface area contributed by atoms with Crippen molar-refractivity contribution >= 4 is 0 Å². The number of rotatable bonds is 2. The zero-order valence-corrected chi connectivity index (χ0v) is 7.96. The van der Waals surface area contributed by atoms with E-state index >= 15 is 0 Å². The summed E-state index contributed by atoms with van der Waals surface area (Å²) in [4.78, 5) is 0. The Morgan fingerprint density at radius 1 is 1.33 bits per heavy atom. The van der Waals surface area contributed by atoms with Gasteiger partial charge >= 0.3 is 0 Å². The molecule has 0 atom stereocenters. The van der Waals surface area contributed by atoms with Crippen LogP contribution in [0.15, 0.2) is 18.2 Å². The second-order valence-corrected chi connectivity index (χ2v) is 3.52. The van der Waals surface area contributed by atoms with Crippen LogP contribution >= 0.6 is 0 Å². The van der Waals surface area contributed by atoms with E-state index in [2.05, 4.69) is 26.8 Å². The molecule has 0 saturated carbocycles. The zero-order chi connectivity index (χ0) is 9.14. The zero-order valence-electron chi connectivity index (χ0n) is 7.96. The van der Waals surface area contributed by atoms with E-state index in [0.29, 0.717) is 5.92 Å². The second kappa shape index (κ2) is 3.72. The molecular formula is C11H16O. The molecule has 0 radical (unpaired) electrons. The molecule has 0 aliphatic rings. The van der Waals surface area contributed by atoms with E-state index in [1.165, 1.54) is 11.1 Å². The Morgan fingerprint density at radius 3 is 2.50 bits per heavy atom. The number of aryl methyl sites for hydroxylation is 1. The van der Waals surface area contributed by atoms with Crippen molar-refractivity contribution in [3.63, 3.8) is 0 Å². The van der Waals surface area contributed by atoms with Gasteiger partial charge in [-0.3, -0.25) is 0 Å². The third-order valence-corrected chi connectivity index (χ3v) is 2.09. The van der Waals surface area contributed by atoms with Gasteiger partial charge in [0.05, 0.1) is 6.61 Å². The van der Waals surface area contributed by atoms with Crippen molar-refractivity contribution in [1.82, 2.24) is 0 Å². The van der Waals surface area contributed by atoms with Gasteiger partial charge in [-0.2, -0.15) is 0 Å². The number of hydrogen-bond acceptors (Lipinski definition) is 1. The fraction of sp³-hybridized carbons (Fsp3) is 0.455. The minimum absolute atomic E-state index is 0.147. The number of aliphatic hydroxyl groups excluding tert-OH is 1. The molecule has 0 aromatic heterocycles. The third kappa shape index (κ3) is 1.86. The van der Waals surface area contributed by atoms with E-state index in [-0.39, 0.29) is 6.61 Å². The first-order valence-corrected chi connectivity index (χ1v) is 4.35. The lowest BCUT2D eigenvalue weighted by molar-refractivity contribution is 0.280. The maximum absolute atomic E-state index is 9.06. The lowest BCUT2D eigenvalue weighted by Crippen LogP contribution is -1.96. The fourth-order valence-corrected chi connectivity index (χ4v) is 1.40. The van der Waals surface area contributed by atoms with E-state index in [1.807, 2.05) is 12.1 Å². The van der Waals surface area contributed by atoms with Gasteiger partial charge in [-0.1, -0.05) is 37.6 Å². The maximum atomic E-state index is 9.06. The van der Waals surface area contributed by atoms with E-state index in [0.717, 1.165) is 5.56 Å². The summed E-state index contributed by atoms with van der Waals surface area (Å²) in [5.41, 5.74) is 3.57. The van der Waals surface area contributed by atoms with Crippen molar-refractivity contribution in [1.29, 1.82) is 0 Å². The molecule has 0 aliphatic carbocycles. The van der Waals surface area contributed by atoms with Gasteiger partial charge in [0.15, 0.2) is 0 Å². The Labute approximate surface area is 74.1 Å². The summed E-state index contributed by atoms with van der Waals surface area (Å²) in [5, 5.41) is 9.06. The molecular weight excluding hydrogens is 148 g/mol. The van der Waals surface area contributed by atoms with Gasteiger partial charge in [-0.15, -0.1) is 0 Å². The summed E-state index contributed by atoms with van der Waals surface area (Å²) in [5.74, 6) is 0.493. The minimum atomic E-state index is 0.147. The molecule has 0 saturated heterocycles. The predicted molar refractivity (Wildman–Crippen MR) is 51.2 cm³/mol. The van der Waals surface area contributed by atoms with Gasteiger partial charge in [0.25, 0.3) is 0 Å². The smallest absolute Gasteiger partial charge is 0.0684 e. The first-order chi connectivity index (χ1) is 5.65. The molecule has 1 aromatic rings. The van der Waals surface area contributed by atoms with Gasteiger partial charge in [-0.05, 0) is 24.0 Å². The molecule has 1 aromatic carbocycles. The summed E-state index contributed by atoms with van der Waals surface area (Å²) in [6, 6.07) is 6.19. The van der Waals surface area contributed by atoms with E-state index < -0.39 is 0 Å². The summed E-state index contributed by atoms with van der Waals surface area (Å²) in [6.45, 7) is 6.52. The SMILES string of the molecule is Cc1ccc(CO)c(C(C)C)c1. The lowest BCUT2D eigenvalue weighted by Gasteiger charge is -2.11. The quantitative estimate of drug-likeness (QED) is 0.712. The van der Waals surface area contributed by atoms with Crippen molar-refractivity contribution in [3.8, 4) is 0 Å². The number of aliphatic hydroxyl groups is 1.